The molecule has 0 spiro atoms. The predicted molar refractivity (Wildman–Crippen MR) is 86.8 cm³/mol. The molecule has 1 aromatic heterocycles. The van der Waals surface area contributed by atoms with Gasteiger partial charge in [-0.1, -0.05) is 38.2 Å². The van der Waals surface area contributed by atoms with Crippen LogP contribution in [0.2, 0.25) is 0 Å². The number of hydrogen-bond donors (Lipinski definition) is 2. The van der Waals surface area contributed by atoms with Gasteiger partial charge in [-0.25, -0.2) is 0 Å². The summed E-state index contributed by atoms with van der Waals surface area (Å²) in [6, 6.07) is 5.57. The molecule has 0 aliphatic heterocycles. The highest BCUT2D eigenvalue weighted by atomic mass is 32.1. The minimum atomic E-state index is -0.217. The molecule has 0 saturated carbocycles. The van der Waals surface area contributed by atoms with Gasteiger partial charge < -0.3 is 11.1 Å². The van der Waals surface area contributed by atoms with Crippen LogP contribution in [-0.2, 0) is 11.8 Å². The first-order valence-corrected chi connectivity index (χ1v) is 7.63. The van der Waals surface area contributed by atoms with E-state index in [4.69, 9.17) is 5.73 Å². The van der Waals surface area contributed by atoms with E-state index in [0.717, 1.165) is 23.5 Å². The normalized spacial score (nSPS) is 11.4. The van der Waals surface area contributed by atoms with Gasteiger partial charge in [-0.2, -0.15) is 0 Å². The maximum absolute atomic E-state index is 12.4. The smallest absolute Gasteiger partial charge is 0.269 e. The number of hydrogen-bond acceptors (Lipinski definition) is 5. The Morgan fingerprint density at radius 3 is 2.67 bits per heavy atom. The Morgan fingerprint density at radius 2 is 2.10 bits per heavy atom. The van der Waals surface area contributed by atoms with E-state index < -0.39 is 0 Å². The molecule has 1 amide bonds. The maximum Gasteiger partial charge on any atom is 0.269 e. The van der Waals surface area contributed by atoms with Gasteiger partial charge in [-0.3, -0.25) is 4.79 Å². The number of nitrogens with two attached hydrogens (primary N) is 1. The fourth-order valence-corrected chi connectivity index (χ4v) is 2.78. The summed E-state index contributed by atoms with van der Waals surface area (Å²) in [5.74, 6) is -0.196. The Hall–Kier alpha value is -1.95. The van der Waals surface area contributed by atoms with Crippen LogP contribution in [0.1, 0.15) is 48.6 Å². The zero-order valence-electron chi connectivity index (χ0n) is 12.7. The van der Waals surface area contributed by atoms with Crippen molar-refractivity contribution in [3.05, 3.63) is 34.3 Å². The van der Waals surface area contributed by atoms with Crippen LogP contribution in [0.15, 0.2) is 18.2 Å². The molecule has 112 valence electrons. The number of nitrogens with zero attached hydrogens (tertiary/aromatic N) is 2. The van der Waals surface area contributed by atoms with Crippen LogP contribution < -0.4 is 11.1 Å². The molecule has 0 bridgehead atoms. The SMILES string of the molecule is CCc1ccc(NC(=O)c2snnc2C(C)(C)C)cc1N. The third kappa shape index (κ3) is 3.39. The van der Waals surface area contributed by atoms with Crippen LogP contribution in [0.5, 0.6) is 0 Å². The number of benzene rings is 1. The van der Waals surface area contributed by atoms with E-state index in [2.05, 4.69) is 14.9 Å². The quantitative estimate of drug-likeness (QED) is 0.853. The largest absolute Gasteiger partial charge is 0.398 e. The average molecular weight is 304 g/mol. The molecule has 2 aromatic rings. The molecule has 5 nitrogen and oxygen atoms in total. The number of carbonyl (C=O) groups excluding carboxylic acids is 1. The van der Waals surface area contributed by atoms with Crippen LogP contribution in [0, 0.1) is 0 Å². The van der Waals surface area contributed by atoms with Gasteiger partial charge in [0.25, 0.3) is 5.91 Å². The Morgan fingerprint density at radius 1 is 1.38 bits per heavy atom. The number of anilines is 2. The Kier molecular flexibility index (Phi) is 4.27. The third-order valence-corrected chi connectivity index (χ3v) is 3.91. The number of nitrogen functional groups attached to an aromatic ring is 1. The first-order chi connectivity index (χ1) is 9.82. The summed E-state index contributed by atoms with van der Waals surface area (Å²) in [6.45, 7) is 8.07. The average Bonchev–Trinajstić information content (AvgIpc) is 2.88. The van der Waals surface area contributed by atoms with Crippen molar-refractivity contribution in [3.63, 3.8) is 0 Å². The van der Waals surface area contributed by atoms with Crippen molar-refractivity contribution in [1.82, 2.24) is 9.59 Å². The molecule has 6 heteroatoms. The van der Waals surface area contributed by atoms with E-state index >= 15 is 0 Å². The molecule has 1 heterocycles. The van der Waals surface area contributed by atoms with Gasteiger partial charge in [-0.05, 0) is 35.6 Å². The van der Waals surface area contributed by atoms with Gasteiger partial charge in [0.1, 0.15) is 4.88 Å². The topological polar surface area (TPSA) is 80.9 Å². The highest BCUT2D eigenvalue weighted by Gasteiger charge is 2.26. The van der Waals surface area contributed by atoms with E-state index in [1.54, 1.807) is 6.07 Å². The van der Waals surface area contributed by atoms with Crippen molar-refractivity contribution in [2.45, 2.75) is 39.5 Å². The number of aromatic nitrogens is 2. The van der Waals surface area contributed by atoms with Gasteiger partial charge in [0.2, 0.25) is 0 Å². The molecule has 21 heavy (non-hydrogen) atoms. The predicted octanol–water partition coefficient (Wildman–Crippen LogP) is 3.23. The monoisotopic (exact) mass is 304 g/mol. The summed E-state index contributed by atoms with van der Waals surface area (Å²) in [4.78, 5) is 12.9. The van der Waals surface area contributed by atoms with E-state index in [1.165, 1.54) is 0 Å². The minimum absolute atomic E-state index is 0.196. The van der Waals surface area contributed by atoms with Crippen molar-refractivity contribution in [2.75, 3.05) is 11.1 Å². The van der Waals surface area contributed by atoms with E-state index in [9.17, 15) is 4.79 Å². The second-order valence-corrected chi connectivity index (χ2v) is 6.68. The number of nitrogens with one attached hydrogen (secondary N) is 1. The van der Waals surface area contributed by atoms with Crippen LogP contribution in [-0.4, -0.2) is 15.5 Å². The number of rotatable bonds is 3. The summed E-state index contributed by atoms with van der Waals surface area (Å²) in [5.41, 5.74) is 8.89. The molecule has 2 rings (SSSR count). The molecule has 0 atom stereocenters. The first-order valence-electron chi connectivity index (χ1n) is 6.85. The van der Waals surface area contributed by atoms with Gasteiger partial charge in [-0.15, -0.1) is 5.10 Å². The van der Waals surface area contributed by atoms with Crippen LogP contribution in [0.4, 0.5) is 11.4 Å². The fraction of sp³-hybridized carbons (Fsp3) is 0.400. The van der Waals surface area contributed by atoms with Crippen LogP contribution in [0.25, 0.3) is 0 Å². The molecular formula is C15H20N4OS. The molecule has 0 fully saturated rings. The molecular weight excluding hydrogens is 284 g/mol. The number of aryl methyl sites for hydroxylation is 1. The maximum atomic E-state index is 12.4. The Labute approximate surface area is 128 Å². The lowest BCUT2D eigenvalue weighted by molar-refractivity contribution is 0.102. The second kappa shape index (κ2) is 5.81. The van der Waals surface area contributed by atoms with Crippen molar-refractivity contribution in [1.29, 1.82) is 0 Å². The van der Waals surface area contributed by atoms with Crippen molar-refractivity contribution in [2.24, 2.45) is 0 Å². The van der Waals surface area contributed by atoms with E-state index in [0.29, 0.717) is 21.9 Å². The molecule has 0 saturated heterocycles. The minimum Gasteiger partial charge on any atom is -0.398 e. The van der Waals surface area contributed by atoms with Crippen molar-refractivity contribution < 1.29 is 4.79 Å². The standard InChI is InChI=1S/C15H20N4OS/c1-5-9-6-7-10(8-11(9)16)17-14(20)12-13(15(2,3)4)18-19-21-12/h6-8H,5,16H2,1-4H3,(H,17,20). The summed E-state index contributed by atoms with van der Waals surface area (Å²) < 4.78 is 3.90. The summed E-state index contributed by atoms with van der Waals surface area (Å²) in [5, 5.41) is 6.94. The van der Waals surface area contributed by atoms with Gasteiger partial charge >= 0.3 is 0 Å². The zero-order chi connectivity index (χ0) is 15.6. The molecule has 0 radical (unpaired) electrons. The second-order valence-electron chi connectivity index (χ2n) is 5.92. The van der Waals surface area contributed by atoms with Crippen molar-refractivity contribution in [3.8, 4) is 0 Å². The van der Waals surface area contributed by atoms with Gasteiger partial charge in [0.05, 0.1) is 5.69 Å². The molecule has 1 aromatic carbocycles. The van der Waals surface area contributed by atoms with Crippen molar-refractivity contribution >= 4 is 28.8 Å². The lowest BCUT2D eigenvalue weighted by Crippen LogP contribution is -2.20. The van der Waals surface area contributed by atoms with E-state index in [1.807, 2.05) is 39.8 Å². The highest BCUT2D eigenvalue weighted by Crippen LogP contribution is 2.27. The number of amides is 1. The third-order valence-electron chi connectivity index (χ3n) is 3.19. The molecule has 0 aliphatic rings. The summed E-state index contributed by atoms with van der Waals surface area (Å²) >= 11 is 1.11. The Balaban J connectivity index is 2.23. The molecule has 0 unspecified atom stereocenters. The van der Waals surface area contributed by atoms with E-state index in [-0.39, 0.29) is 11.3 Å². The number of carbonyl (C=O) groups is 1. The zero-order valence-corrected chi connectivity index (χ0v) is 13.5. The fourth-order valence-electron chi connectivity index (χ4n) is 2.01. The van der Waals surface area contributed by atoms with Crippen LogP contribution >= 0.6 is 11.5 Å². The highest BCUT2D eigenvalue weighted by molar-refractivity contribution is 7.08. The lowest BCUT2D eigenvalue weighted by Gasteiger charge is -2.16. The molecule has 0 aliphatic carbocycles. The Bertz CT molecular complexity index is 658. The summed E-state index contributed by atoms with van der Waals surface area (Å²) in [6.07, 6.45) is 0.868. The molecule has 3 N–H and O–H groups in total. The van der Waals surface area contributed by atoms with Gasteiger partial charge in [0.15, 0.2) is 0 Å². The lowest BCUT2D eigenvalue weighted by atomic mass is 9.91. The first kappa shape index (κ1) is 15.4. The van der Waals surface area contributed by atoms with Crippen LogP contribution in [0.3, 0.4) is 0 Å². The van der Waals surface area contributed by atoms with Gasteiger partial charge in [0, 0.05) is 16.8 Å². The summed E-state index contributed by atoms with van der Waals surface area (Å²) in [7, 11) is 0.